The van der Waals surface area contributed by atoms with E-state index in [0.717, 1.165) is 0 Å². The molecule has 2 aromatic rings. The first kappa shape index (κ1) is 21.2. The van der Waals surface area contributed by atoms with Crippen LogP contribution in [0.5, 0.6) is 5.75 Å². The minimum absolute atomic E-state index is 0.121. The minimum Gasteiger partial charge on any atom is -0.476 e. The van der Waals surface area contributed by atoms with Crippen LogP contribution < -0.4 is 9.04 Å². The van der Waals surface area contributed by atoms with Gasteiger partial charge < -0.3 is 14.4 Å². The second-order valence-corrected chi connectivity index (χ2v) is 9.41. The molecular weight excluding hydrogens is 420 g/mol. The summed E-state index contributed by atoms with van der Waals surface area (Å²) in [4.78, 5) is 26.7. The van der Waals surface area contributed by atoms with Crippen LogP contribution in [0.1, 0.15) is 12.8 Å². The smallest absolute Gasteiger partial charge is 0.308 e. The summed E-state index contributed by atoms with van der Waals surface area (Å²) in [6, 6.07) is 14.9. The lowest BCUT2D eigenvalue weighted by molar-refractivity contribution is -0.150. The van der Waals surface area contributed by atoms with E-state index in [1.807, 2.05) is 0 Å². The highest BCUT2D eigenvalue weighted by molar-refractivity contribution is 7.92. The first-order valence-electron chi connectivity index (χ1n) is 10.1. The number of likely N-dealkylation sites (tertiary alicyclic amines) is 1. The van der Waals surface area contributed by atoms with Crippen molar-refractivity contribution >= 4 is 27.6 Å². The molecule has 0 bridgehead atoms. The second-order valence-electron chi connectivity index (χ2n) is 7.55. The molecule has 1 fully saturated rings. The highest BCUT2D eigenvalue weighted by atomic mass is 32.2. The summed E-state index contributed by atoms with van der Waals surface area (Å²) in [5, 5.41) is 0. The Labute approximate surface area is 181 Å². The first-order chi connectivity index (χ1) is 14.9. The molecule has 164 valence electrons. The molecule has 0 unspecified atom stereocenters. The normalized spacial score (nSPS) is 19.3. The third-order valence-corrected chi connectivity index (χ3v) is 7.48. The number of para-hydroxylation sites is 2. The molecule has 1 saturated heterocycles. The summed E-state index contributed by atoms with van der Waals surface area (Å²) in [5.74, 6) is -0.436. The number of fused-ring (bicyclic) bond motifs is 1. The van der Waals surface area contributed by atoms with E-state index in [1.165, 1.54) is 23.5 Å². The van der Waals surface area contributed by atoms with E-state index in [9.17, 15) is 18.0 Å². The number of amides is 1. The van der Waals surface area contributed by atoms with Gasteiger partial charge in [0, 0.05) is 13.1 Å². The van der Waals surface area contributed by atoms with Crippen LogP contribution in [0.15, 0.2) is 59.5 Å². The van der Waals surface area contributed by atoms with Gasteiger partial charge in [-0.25, -0.2) is 8.42 Å². The van der Waals surface area contributed by atoms with Crippen molar-refractivity contribution in [1.29, 1.82) is 0 Å². The Morgan fingerprint density at radius 1 is 1.00 bits per heavy atom. The highest BCUT2D eigenvalue weighted by Gasteiger charge is 2.40. The van der Waals surface area contributed by atoms with Crippen LogP contribution >= 0.6 is 0 Å². The molecule has 0 aromatic heterocycles. The van der Waals surface area contributed by atoms with Crippen molar-refractivity contribution in [3.63, 3.8) is 0 Å². The molecule has 31 heavy (non-hydrogen) atoms. The molecule has 0 N–H and O–H groups in total. The van der Waals surface area contributed by atoms with Gasteiger partial charge >= 0.3 is 5.97 Å². The number of piperidine rings is 1. The van der Waals surface area contributed by atoms with Gasteiger partial charge in [-0.05, 0) is 37.1 Å². The number of hydrogen-bond acceptors (Lipinski definition) is 6. The Balaban J connectivity index is 1.57. The summed E-state index contributed by atoms with van der Waals surface area (Å²) in [6.45, 7) is 0.668. The van der Waals surface area contributed by atoms with E-state index in [1.54, 1.807) is 47.4 Å². The van der Waals surface area contributed by atoms with Crippen molar-refractivity contribution < 1.29 is 27.5 Å². The van der Waals surface area contributed by atoms with E-state index >= 15 is 0 Å². The topological polar surface area (TPSA) is 93.2 Å². The van der Waals surface area contributed by atoms with Crippen molar-refractivity contribution in [2.45, 2.75) is 23.8 Å². The molecule has 0 spiro atoms. The molecule has 0 radical (unpaired) electrons. The van der Waals surface area contributed by atoms with Crippen LogP contribution in [0.3, 0.4) is 0 Å². The molecule has 1 atom stereocenters. The Morgan fingerprint density at radius 3 is 2.32 bits per heavy atom. The number of nitrogens with zero attached hydrogens (tertiary/aromatic N) is 2. The van der Waals surface area contributed by atoms with E-state index in [-0.39, 0.29) is 29.2 Å². The molecule has 9 heteroatoms. The van der Waals surface area contributed by atoms with Crippen molar-refractivity contribution in [2.24, 2.45) is 5.92 Å². The van der Waals surface area contributed by atoms with Gasteiger partial charge in [-0.15, -0.1) is 0 Å². The van der Waals surface area contributed by atoms with Crippen molar-refractivity contribution in [1.82, 2.24) is 4.90 Å². The summed E-state index contributed by atoms with van der Waals surface area (Å²) >= 11 is 0. The molecule has 2 aliphatic heterocycles. The summed E-state index contributed by atoms with van der Waals surface area (Å²) in [5.41, 5.74) is 0.403. The van der Waals surface area contributed by atoms with Crippen LogP contribution in [-0.2, 0) is 24.3 Å². The Kier molecular flexibility index (Phi) is 5.86. The predicted octanol–water partition coefficient (Wildman–Crippen LogP) is 2.05. The SMILES string of the molecule is COC(=O)C1CCN(C(=O)[C@@H]2CN(S(=O)(=O)c3ccccc3)c3ccccc3O2)CC1. The number of sulfonamides is 1. The largest absolute Gasteiger partial charge is 0.476 e. The number of methoxy groups -OCH3 is 1. The summed E-state index contributed by atoms with van der Waals surface area (Å²) in [6.07, 6.45) is 0.0460. The average Bonchev–Trinajstić information content (AvgIpc) is 2.83. The lowest BCUT2D eigenvalue weighted by Crippen LogP contribution is -2.53. The molecule has 0 saturated carbocycles. The Bertz CT molecular complexity index is 1060. The second kappa shape index (κ2) is 8.58. The average molecular weight is 445 g/mol. The summed E-state index contributed by atoms with van der Waals surface area (Å²) in [7, 11) is -2.52. The van der Waals surface area contributed by atoms with Crippen LogP contribution in [0, 0.1) is 5.92 Å². The molecule has 2 heterocycles. The standard InChI is InChI=1S/C22H24N2O6S/c1-29-22(26)16-11-13-23(14-12-16)21(25)20-15-24(18-9-5-6-10-19(18)30-20)31(27,28)17-7-3-2-4-8-17/h2-10,16,20H,11-15H2,1H3/t20-/m0/s1. The first-order valence-corrected chi connectivity index (χ1v) is 11.6. The number of carbonyl (C=O) groups excluding carboxylic acids is 2. The minimum atomic E-state index is -3.87. The van der Waals surface area contributed by atoms with Crippen molar-refractivity contribution in [2.75, 3.05) is 31.0 Å². The fourth-order valence-electron chi connectivity index (χ4n) is 3.98. The zero-order valence-electron chi connectivity index (χ0n) is 17.1. The zero-order chi connectivity index (χ0) is 22.0. The Hall–Kier alpha value is -3.07. The molecule has 0 aliphatic carbocycles. The van der Waals surface area contributed by atoms with Crippen LogP contribution in [0.25, 0.3) is 0 Å². The van der Waals surface area contributed by atoms with Gasteiger partial charge in [-0.1, -0.05) is 30.3 Å². The number of esters is 1. The van der Waals surface area contributed by atoms with Crippen molar-refractivity contribution in [3.8, 4) is 5.75 Å². The van der Waals surface area contributed by atoms with Crippen LogP contribution in [0.2, 0.25) is 0 Å². The van der Waals surface area contributed by atoms with Gasteiger partial charge in [-0.3, -0.25) is 13.9 Å². The van der Waals surface area contributed by atoms with Crippen LogP contribution in [-0.4, -0.2) is 58.0 Å². The summed E-state index contributed by atoms with van der Waals surface area (Å²) < 4.78 is 38.6. The third kappa shape index (κ3) is 4.10. The maximum atomic E-state index is 13.3. The van der Waals surface area contributed by atoms with E-state index in [2.05, 4.69) is 0 Å². The molecule has 2 aromatic carbocycles. The molecule has 1 amide bonds. The number of ether oxygens (including phenoxy) is 2. The van der Waals surface area contributed by atoms with Gasteiger partial charge in [0.15, 0.2) is 6.10 Å². The highest BCUT2D eigenvalue weighted by Crippen LogP contribution is 2.37. The number of rotatable bonds is 4. The predicted molar refractivity (Wildman–Crippen MR) is 113 cm³/mol. The fourth-order valence-corrected chi connectivity index (χ4v) is 5.48. The van der Waals surface area contributed by atoms with E-state index in [4.69, 9.17) is 9.47 Å². The number of hydrogen-bond donors (Lipinski definition) is 0. The Morgan fingerprint density at radius 2 is 1.65 bits per heavy atom. The van der Waals surface area contributed by atoms with Gasteiger partial charge in [-0.2, -0.15) is 0 Å². The molecule has 2 aliphatic rings. The zero-order valence-corrected chi connectivity index (χ0v) is 18.0. The molecule has 4 rings (SSSR count). The van der Waals surface area contributed by atoms with Gasteiger partial charge in [0.25, 0.3) is 15.9 Å². The molecular formula is C22H24N2O6S. The van der Waals surface area contributed by atoms with Gasteiger partial charge in [0.05, 0.1) is 30.2 Å². The lowest BCUT2D eigenvalue weighted by atomic mass is 9.96. The quantitative estimate of drug-likeness (QED) is 0.670. The number of anilines is 1. The number of benzene rings is 2. The van der Waals surface area contributed by atoms with Gasteiger partial charge in [0.2, 0.25) is 0 Å². The number of carbonyl (C=O) groups is 2. The van der Waals surface area contributed by atoms with E-state index in [0.29, 0.717) is 37.4 Å². The van der Waals surface area contributed by atoms with Crippen LogP contribution in [0.4, 0.5) is 5.69 Å². The maximum absolute atomic E-state index is 13.3. The van der Waals surface area contributed by atoms with Crippen molar-refractivity contribution in [3.05, 3.63) is 54.6 Å². The van der Waals surface area contributed by atoms with Gasteiger partial charge in [0.1, 0.15) is 5.75 Å². The van der Waals surface area contributed by atoms with E-state index < -0.39 is 16.1 Å². The fraction of sp³-hybridized carbons (Fsp3) is 0.364. The molecule has 8 nitrogen and oxygen atoms in total. The maximum Gasteiger partial charge on any atom is 0.308 e. The third-order valence-electron chi connectivity index (χ3n) is 5.68. The lowest BCUT2D eigenvalue weighted by Gasteiger charge is -2.38. The monoisotopic (exact) mass is 444 g/mol.